The average molecular weight is 514 g/mol. The summed E-state index contributed by atoms with van der Waals surface area (Å²) in [5, 5.41) is 29.0. The lowest BCUT2D eigenvalue weighted by molar-refractivity contribution is -0.143. The second kappa shape index (κ2) is 15.5. The molecule has 204 valence electrons. The zero-order chi connectivity index (χ0) is 27.3. The predicted molar refractivity (Wildman–Crippen MR) is 131 cm³/mol. The summed E-state index contributed by atoms with van der Waals surface area (Å²) in [6, 6.07) is -3.93. The number of guanidine groups is 1. The smallest absolute Gasteiger partial charge is 0.326 e. The van der Waals surface area contributed by atoms with Crippen LogP contribution in [-0.4, -0.2) is 83.1 Å². The molecule has 0 radical (unpaired) electrons. The fourth-order valence-electron chi connectivity index (χ4n) is 3.70. The Balaban J connectivity index is 3.00. The van der Waals surface area contributed by atoms with Crippen molar-refractivity contribution in [2.45, 2.75) is 83.0 Å². The van der Waals surface area contributed by atoms with Gasteiger partial charge in [0.15, 0.2) is 5.96 Å². The molecular formula is C22H39N7O7. The van der Waals surface area contributed by atoms with Crippen LogP contribution in [0.25, 0.3) is 0 Å². The number of nitrogens with zero attached hydrogens (tertiary/aromatic N) is 1. The van der Waals surface area contributed by atoms with Gasteiger partial charge in [0.2, 0.25) is 17.7 Å². The van der Waals surface area contributed by atoms with Crippen LogP contribution in [-0.2, 0) is 24.0 Å². The van der Waals surface area contributed by atoms with Gasteiger partial charge in [-0.3, -0.25) is 24.2 Å². The summed E-state index contributed by atoms with van der Waals surface area (Å²) >= 11 is 0. The van der Waals surface area contributed by atoms with Gasteiger partial charge in [-0.2, -0.15) is 0 Å². The highest BCUT2D eigenvalue weighted by Gasteiger charge is 2.33. The first-order chi connectivity index (χ1) is 17.0. The number of nitrogens with two attached hydrogens (primary N) is 2. The van der Waals surface area contributed by atoms with E-state index in [1.54, 1.807) is 6.92 Å². The molecule has 0 aliphatic carbocycles. The second-order valence-corrected chi connectivity index (χ2v) is 8.86. The molecule has 1 aliphatic rings. The summed E-state index contributed by atoms with van der Waals surface area (Å²) in [4.78, 5) is 65.0. The highest BCUT2D eigenvalue weighted by atomic mass is 16.4. The molecule has 1 rings (SSSR count). The first-order valence-corrected chi connectivity index (χ1v) is 12.1. The summed E-state index contributed by atoms with van der Waals surface area (Å²) in [5.74, 6) is -4.68. The van der Waals surface area contributed by atoms with E-state index in [0.29, 0.717) is 19.4 Å². The molecule has 0 spiro atoms. The van der Waals surface area contributed by atoms with E-state index >= 15 is 0 Å². The van der Waals surface area contributed by atoms with Crippen molar-refractivity contribution in [3.8, 4) is 0 Å². The van der Waals surface area contributed by atoms with Gasteiger partial charge in [0.05, 0.1) is 6.04 Å². The Morgan fingerprint density at radius 1 is 1.03 bits per heavy atom. The molecule has 1 saturated heterocycles. The van der Waals surface area contributed by atoms with Gasteiger partial charge >= 0.3 is 11.9 Å². The maximum Gasteiger partial charge on any atom is 0.326 e. The number of nitrogens with one attached hydrogen (secondary N) is 4. The minimum atomic E-state index is -1.45. The Morgan fingerprint density at radius 3 is 2.22 bits per heavy atom. The number of hydrogen-bond acceptors (Lipinski definition) is 7. The molecule has 36 heavy (non-hydrogen) atoms. The fraction of sp³-hybridized carbons (Fsp3) is 0.727. The highest BCUT2D eigenvalue weighted by molar-refractivity contribution is 5.94. The third kappa shape index (κ3) is 10.9. The third-order valence-corrected chi connectivity index (χ3v) is 6.01. The van der Waals surface area contributed by atoms with Crippen LogP contribution < -0.4 is 32.7 Å². The van der Waals surface area contributed by atoms with Gasteiger partial charge in [0.25, 0.3) is 0 Å². The molecular weight excluding hydrogens is 474 g/mol. The summed E-state index contributed by atoms with van der Waals surface area (Å²) in [5.41, 5.74) is 10.6. The fourth-order valence-corrected chi connectivity index (χ4v) is 3.70. The molecule has 0 bridgehead atoms. The standard InChI is InChI=1S/C22H39N7O7/c1-3-12(2)17(29-18(32)13-6-4-10-25-13)20(34)27-14(7-5-11-26-22(23)24)19(33)28-15(21(35)36)8-9-16(30)31/h12-15,17,25H,3-11H2,1-2H3,(H,27,34)(H,28,33)(H,29,32)(H,30,31)(H,35,36)(H4,23,24,26). The molecule has 0 aromatic carbocycles. The Bertz CT molecular complexity index is 811. The number of hydrogen-bond donors (Lipinski definition) is 8. The molecule has 1 heterocycles. The van der Waals surface area contributed by atoms with Crippen molar-refractivity contribution >= 4 is 35.6 Å². The first kappa shape index (κ1) is 30.6. The monoisotopic (exact) mass is 513 g/mol. The highest BCUT2D eigenvalue weighted by Crippen LogP contribution is 2.12. The zero-order valence-electron chi connectivity index (χ0n) is 20.8. The zero-order valence-corrected chi connectivity index (χ0v) is 20.8. The van der Waals surface area contributed by atoms with E-state index < -0.39 is 54.3 Å². The minimum Gasteiger partial charge on any atom is -0.481 e. The number of aliphatic carboxylic acids is 2. The lowest BCUT2D eigenvalue weighted by atomic mass is 9.97. The third-order valence-electron chi connectivity index (χ3n) is 6.01. The van der Waals surface area contributed by atoms with E-state index in [9.17, 15) is 29.1 Å². The molecule has 5 unspecified atom stereocenters. The molecule has 1 aliphatic heterocycles. The lowest BCUT2D eigenvalue weighted by Gasteiger charge is -2.28. The van der Waals surface area contributed by atoms with Gasteiger partial charge in [-0.25, -0.2) is 4.79 Å². The van der Waals surface area contributed by atoms with Crippen molar-refractivity contribution in [1.29, 1.82) is 0 Å². The molecule has 14 nitrogen and oxygen atoms in total. The lowest BCUT2D eigenvalue weighted by Crippen LogP contribution is -2.58. The van der Waals surface area contributed by atoms with Crippen LogP contribution in [0.3, 0.4) is 0 Å². The SMILES string of the molecule is CCC(C)C(NC(=O)C1CCCN1)C(=O)NC(CCCN=C(N)N)C(=O)NC(CCC(=O)O)C(=O)O. The number of rotatable bonds is 16. The van der Waals surface area contributed by atoms with Crippen LogP contribution in [0.4, 0.5) is 0 Å². The summed E-state index contributed by atoms with van der Waals surface area (Å²) in [7, 11) is 0. The van der Waals surface area contributed by atoms with Crippen molar-refractivity contribution < 1.29 is 34.2 Å². The van der Waals surface area contributed by atoms with Crippen LogP contribution in [0.1, 0.15) is 58.8 Å². The van der Waals surface area contributed by atoms with Crippen molar-refractivity contribution in [2.75, 3.05) is 13.1 Å². The molecule has 14 heteroatoms. The number of carboxylic acid groups (broad SMARTS) is 2. The van der Waals surface area contributed by atoms with E-state index in [1.807, 2.05) is 6.92 Å². The summed E-state index contributed by atoms with van der Waals surface area (Å²) < 4.78 is 0. The van der Waals surface area contributed by atoms with Crippen molar-refractivity contribution in [2.24, 2.45) is 22.4 Å². The van der Waals surface area contributed by atoms with Gasteiger partial charge < -0.3 is 42.9 Å². The molecule has 0 aromatic heterocycles. The van der Waals surface area contributed by atoms with Crippen LogP contribution in [0.5, 0.6) is 0 Å². The van der Waals surface area contributed by atoms with Crippen LogP contribution >= 0.6 is 0 Å². The average Bonchev–Trinajstić information content (AvgIpc) is 3.35. The van der Waals surface area contributed by atoms with Crippen molar-refractivity contribution in [3.05, 3.63) is 0 Å². The molecule has 3 amide bonds. The summed E-state index contributed by atoms with van der Waals surface area (Å²) in [6.45, 7) is 4.54. The minimum absolute atomic E-state index is 0.0744. The van der Waals surface area contributed by atoms with E-state index in [1.165, 1.54) is 0 Å². The first-order valence-electron chi connectivity index (χ1n) is 12.1. The second-order valence-electron chi connectivity index (χ2n) is 8.86. The number of amides is 3. The molecule has 1 fully saturated rings. The maximum atomic E-state index is 13.2. The molecule has 10 N–H and O–H groups in total. The van der Waals surface area contributed by atoms with Gasteiger partial charge in [0.1, 0.15) is 18.1 Å². The Labute approximate surface area is 210 Å². The largest absolute Gasteiger partial charge is 0.481 e. The van der Waals surface area contributed by atoms with Gasteiger partial charge in [0, 0.05) is 13.0 Å². The molecule has 0 aromatic rings. The maximum absolute atomic E-state index is 13.2. The predicted octanol–water partition coefficient (Wildman–Crippen LogP) is -1.76. The Kier molecular flexibility index (Phi) is 13.2. The van der Waals surface area contributed by atoms with E-state index in [-0.39, 0.29) is 43.6 Å². The van der Waals surface area contributed by atoms with Gasteiger partial charge in [-0.1, -0.05) is 20.3 Å². The summed E-state index contributed by atoms with van der Waals surface area (Å²) in [6.07, 6.45) is 1.65. The van der Waals surface area contributed by atoms with E-state index in [4.69, 9.17) is 16.6 Å². The Morgan fingerprint density at radius 2 is 1.69 bits per heavy atom. The van der Waals surface area contributed by atoms with Crippen molar-refractivity contribution in [3.63, 3.8) is 0 Å². The van der Waals surface area contributed by atoms with Crippen LogP contribution in [0.2, 0.25) is 0 Å². The normalized spacial score (nSPS) is 18.2. The molecule has 0 saturated carbocycles. The Hall–Kier alpha value is -3.42. The topological polar surface area (TPSA) is 238 Å². The number of aliphatic imine (C=N–C) groups is 1. The van der Waals surface area contributed by atoms with E-state index in [0.717, 1.165) is 6.42 Å². The van der Waals surface area contributed by atoms with Crippen LogP contribution in [0, 0.1) is 5.92 Å². The van der Waals surface area contributed by atoms with Crippen LogP contribution in [0.15, 0.2) is 4.99 Å². The van der Waals surface area contributed by atoms with Gasteiger partial charge in [-0.15, -0.1) is 0 Å². The number of carboxylic acids is 2. The quantitative estimate of drug-likeness (QED) is 0.0657. The van der Waals surface area contributed by atoms with Crippen molar-refractivity contribution in [1.82, 2.24) is 21.3 Å². The number of carbonyl (C=O) groups is 5. The molecule has 5 atom stereocenters. The van der Waals surface area contributed by atoms with Gasteiger partial charge in [-0.05, 0) is 44.6 Å². The number of carbonyl (C=O) groups excluding carboxylic acids is 3. The van der Waals surface area contributed by atoms with E-state index in [2.05, 4.69) is 26.3 Å².